The van der Waals surface area contributed by atoms with Crippen LogP contribution < -0.4 is 10.4 Å². The van der Waals surface area contributed by atoms with E-state index in [4.69, 9.17) is 4.43 Å². The molecule has 2 aromatic rings. The highest BCUT2D eigenvalue weighted by Gasteiger charge is 2.50. The third kappa shape index (κ3) is 4.55. The Morgan fingerprint density at radius 3 is 1.77 bits per heavy atom. The predicted octanol–water partition coefficient (Wildman–Crippen LogP) is 5.41. The first-order valence-corrected chi connectivity index (χ1v) is 11.6. The Kier molecular flexibility index (Phi) is 7.02. The minimum atomic E-state index is -2.40. The summed E-state index contributed by atoms with van der Waals surface area (Å²) < 4.78 is 6.98. The summed E-state index contributed by atoms with van der Waals surface area (Å²) >= 11 is 0. The second kappa shape index (κ2) is 8.83. The summed E-state index contributed by atoms with van der Waals surface area (Å²) in [6.07, 6.45) is 3.15. The summed E-state index contributed by atoms with van der Waals surface area (Å²) in [7, 11) is -2.40. The van der Waals surface area contributed by atoms with Crippen LogP contribution in [0, 0.1) is 11.8 Å². The van der Waals surface area contributed by atoms with Crippen molar-refractivity contribution in [1.82, 2.24) is 0 Å². The van der Waals surface area contributed by atoms with E-state index in [2.05, 4.69) is 102 Å². The van der Waals surface area contributed by atoms with Gasteiger partial charge in [0.05, 0.1) is 0 Å². The van der Waals surface area contributed by atoms with Gasteiger partial charge in [-0.1, -0.05) is 101 Å². The lowest BCUT2D eigenvalue weighted by Gasteiger charge is -2.43. The molecule has 0 radical (unpaired) electrons. The highest BCUT2D eigenvalue weighted by Crippen LogP contribution is 2.37. The zero-order valence-corrected chi connectivity index (χ0v) is 18.0. The van der Waals surface area contributed by atoms with Gasteiger partial charge >= 0.3 is 0 Å². The van der Waals surface area contributed by atoms with Gasteiger partial charge in [0.2, 0.25) is 0 Å². The van der Waals surface area contributed by atoms with Crippen molar-refractivity contribution < 1.29 is 4.43 Å². The molecule has 0 saturated carbocycles. The first kappa shape index (κ1) is 20.7. The lowest BCUT2D eigenvalue weighted by Crippen LogP contribution is -2.66. The standard InChI is InChI=1S/C24H34OSi/c1-7-20(2)18-21(3)19-25-26(24(4,5)6,22-14-10-8-11-15-22)23-16-12-9-13-17-23/h7-17,20-21H,1,18-19H2,2-6H3. The van der Waals surface area contributed by atoms with Crippen molar-refractivity contribution in [2.24, 2.45) is 11.8 Å². The van der Waals surface area contributed by atoms with Crippen LogP contribution in [0.3, 0.4) is 0 Å². The lowest BCUT2D eigenvalue weighted by molar-refractivity contribution is 0.230. The van der Waals surface area contributed by atoms with Crippen molar-refractivity contribution in [3.8, 4) is 0 Å². The quantitative estimate of drug-likeness (QED) is 0.448. The van der Waals surface area contributed by atoms with Crippen LogP contribution in [0.15, 0.2) is 73.3 Å². The third-order valence-corrected chi connectivity index (χ3v) is 10.2. The van der Waals surface area contributed by atoms with Crippen LogP contribution >= 0.6 is 0 Å². The second-order valence-electron chi connectivity index (χ2n) is 8.53. The Labute approximate surface area is 161 Å². The normalized spacial score (nSPS) is 14.7. The largest absolute Gasteiger partial charge is 0.407 e. The van der Waals surface area contributed by atoms with Gasteiger partial charge < -0.3 is 4.43 Å². The number of hydrogen-bond acceptors (Lipinski definition) is 1. The summed E-state index contributed by atoms with van der Waals surface area (Å²) in [6, 6.07) is 21.7. The van der Waals surface area contributed by atoms with Crippen LogP contribution in [-0.2, 0) is 4.43 Å². The molecule has 2 rings (SSSR count). The molecule has 2 atom stereocenters. The average molecular weight is 367 g/mol. The molecule has 0 amide bonds. The second-order valence-corrected chi connectivity index (χ2v) is 12.8. The van der Waals surface area contributed by atoms with Gasteiger partial charge in [-0.3, -0.25) is 0 Å². The Balaban J connectivity index is 2.45. The highest BCUT2D eigenvalue weighted by molar-refractivity contribution is 6.99. The molecule has 0 saturated heterocycles. The summed E-state index contributed by atoms with van der Waals surface area (Å²) in [5.41, 5.74) is 0. The van der Waals surface area contributed by atoms with Crippen molar-refractivity contribution in [3.63, 3.8) is 0 Å². The lowest BCUT2D eigenvalue weighted by atomic mass is 9.98. The van der Waals surface area contributed by atoms with Crippen LogP contribution in [0.2, 0.25) is 5.04 Å². The molecule has 140 valence electrons. The van der Waals surface area contributed by atoms with E-state index in [1.54, 1.807) is 0 Å². The van der Waals surface area contributed by atoms with Gasteiger partial charge in [0.1, 0.15) is 0 Å². The number of rotatable bonds is 8. The van der Waals surface area contributed by atoms with Crippen LogP contribution in [0.1, 0.15) is 41.0 Å². The van der Waals surface area contributed by atoms with Crippen LogP contribution in [-0.4, -0.2) is 14.9 Å². The molecule has 26 heavy (non-hydrogen) atoms. The molecule has 0 aromatic heterocycles. The van der Waals surface area contributed by atoms with Crippen LogP contribution in [0.5, 0.6) is 0 Å². The fourth-order valence-electron chi connectivity index (χ4n) is 3.83. The molecule has 0 aliphatic heterocycles. The van der Waals surface area contributed by atoms with E-state index < -0.39 is 8.32 Å². The summed E-state index contributed by atoms with van der Waals surface area (Å²) in [5, 5.41) is 2.74. The Morgan fingerprint density at radius 1 is 0.923 bits per heavy atom. The number of allylic oxidation sites excluding steroid dienone is 1. The van der Waals surface area contributed by atoms with Crippen LogP contribution in [0.4, 0.5) is 0 Å². The zero-order chi connectivity index (χ0) is 19.2. The van der Waals surface area contributed by atoms with Crippen LogP contribution in [0.25, 0.3) is 0 Å². The number of benzene rings is 2. The van der Waals surface area contributed by atoms with Crippen molar-refractivity contribution in [3.05, 3.63) is 73.3 Å². The maximum absolute atomic E-state index is 6.98. The van der Waals surface area contributed by atoms with Gasteiger partial charge in [-0.2, -0.15) is 0 Å². The summed E-state index contributed by atoms with van der Waals surface area (Å²) in [4.78, 5) is 0. The molecule has 2 aromatic carbocycles. The molecule has 2 unspecified atom stereocenters. The maximum atomic E-state index is 6.98. The Hall–Kier alpha value is -1.64. The minimum absolute atomic E-state index is 0.0412. The molecule has 0 fully saturated rings. The van der Waals surface area contributed by atoms with Gasteiger partial charge in [0, 0.05) is 6.61 Å². The Morgan fingerprint density at radius 2 is 1.38 bits per heavy atom. The SMILES string of the molecule is C=CC(C)CC(C)CO[Si](c1ccccc1)(c1ccccc1)C(C)(C)C. The first-order chi connectivity index (χ1) is 12.3. The fraction of sp³-hybridized carbons (Fsp3) is 0.417. The molecule has 2 heteroatoms. The first-order valence-electron chi connectivity index (χ1n) is 9.69. The smallest absolute Gasteiger partial charge is 0.261 e. The van der Waals surface area contributed by atoms with Gasteiger partial charge in [0.15, 0.2) is 0 Å². The van der Waals surface area contributed by atoms with E-state index in [0.29, 0.717) is 11.8 Å². The van der Waals surface area contributed by atoms with E-state index in [9.17, 15) is 0 Å². The van der Waals surface area contributed by atoms with Crippen molar-refractivity contribution in [2.45, 2.75) is 46.1 Å². The third-order valence-electron chi connectivity index (χ3n) is 5.18. The van der Waals surface area contributed by atoms with Gasteiger partial charge in [0.25, 0.3) is 8.32 Å². The van der Waals surface area contributed by atoms with Gasteiger partial charge in [-0.25, -0.2) is 0 Å². The van der Waals surface area contributed by atoms with Crippen molar-refractivity contribution >= 4 is 18.7 Å². The summed E-state index contributed by atoms with van der Waals surface area (Å²) in [6.45, 7) is 16.2. The molecule has 0 heterocycles. The number of hydrogen-bond donors (Lipinski definition) is 0. The molecular weight excluding hydrogens is 332 g/mol. The van der Waals surface area contributed by atoms with Crippen molar-refractivity contribution in [2.75, 3.05) is 6.61 Å². The highest BCUT2D eigenvalue weighted by atomic mass is 28.4. The molecule has 0 N–H and O–H groups in total. The van der Waals surface area contributed by atoms with E-state index in [1.807, 2.05) is 6.08 Å². The van der Waals surface area contributed by atoms with Gasteiger partial charge in [-0.15, -0.1) is 6.58 Å². The maximum Gasteiger partial charge on any atom is 0.261 e. The monoisotopic (exact) mass is 366 g/mol. The predicted molar refractivity (Wildman–Crippen MR) is 117 cm³/mol. The van der Waals surface area contributed by atoms with E-state index in [0.717, 1.165) is 13.0 Å². The topological polar surface area (TPSA) is 9.23 Å². The zero-order valence-electron chi connectivity index (χ0n) is 17.0. The van der Waals surface area contributed by atoms with Gasteiger partial charge in [-0.05, 0) is 33.7 Å². The Bertz CT molecular complexity index is 633. The summed E-state index contributed by atoms with van der Waals surface area (Å²) in [5.74, 6) is 1.03. The van der Waals surface area contributed by atoms with E-state index in [-0.39, 0.29) is 5.04 Å². The van der Waals surface area contributed by atoms with E-state index >= 15 is 0 Å². The average Bonchev–Trinajstić information content (AvgIpc) is 2.62. The molecule has 0 spiro atoms. The molecule has 0 bridgehead atoms. The van der Waals surface area contributed by atoms with E-state index in [1.165, 1.54) is 10.4 Å². The fourth-order valence-corrected chi connectivity index (χ4v) is 8.52. The minimum Gasteiger partial charge on any atom is -0.407 e. The molecule has 0 aliphatic carbocycles. The molecule has 0 aliphatic rings. The van der Waals surface area contributed by atoms with Crippen molar-refractivity contribution in [1.29, 1.82) is 0 Å². The molecular formula is C24H34OSi. The molecule has 1 nitrogen and oxygen atoms in total.